The lowest BCUT2D eigenvalue weighted by molar-refractivity contribution is 0.532. The largest absolute Gasteiger partial charge is 0.396 e. The average Bonchev–Trinajstić information content (AvgIpc) is 2.73. The molecule has 0 saturated heterocycles. The van der Waals surface area contributed by atoms with Crippen LogP contribution in [0.1, 0.15) is 19.9 Å². The maximum Gasteiger partial charge on any atom is 0.0940 e. The predicted molar refractivity (Wildman–Crippen MR) is 59.2 cm³/mol. The van der Waals surface area contributed by atoms with Gasteiger partial charge in [0.2, 0.25) is 0 Å². The first kappa shape index (κ1) is 9.76. The Morgan fingerprint density at radius 2 is 2.00 bits per heavy atom. The third kappa shape index (κ3) is 1.60. The van der Waals surface area contributed by atoms with Gasteiger partial charge in [0.15, 0.2) is 0 Å². The fraction of sp³-hybridized carbons (Fsp3) is 0.400. The van der Waals surface area contributed by atoms with Crippen LogP contribution in [-0.2, 0) is 7.05 Å². The van der Waals surface area contributed by atoms with Crippen molar-refractivity contribution in [3.63, 3.8) is 0 Å². The van der Waals surface area contributed by atoms with Crippen LogP contribution in [0.2, 0.25) is 0 Å². The summed E-state index contributed by atoms with van der Waals surface area (Å²) in [6.07, 6.45) is 5.45. The summed E-state index contributed by atoms with van der Waals surface area (Å²) in [7, 11) is 1.87. The van der Waals surface area contributed by atoms with Crippen molar-refractivity contribution in [2.45, 2.75) is 19.9 Å². The van der Waals surface area contributed by atoms with E-state index in [0.29, 0.717) is 11.7 Å². The van der Waals surface area contributed by atoms with Crippen LogP contribution in [0.15, 0.2) is 18.6 Å². The van der Waals surface area contributed by atoms with Crippen molar-refractivity contribution < 1.29 is 0 Å². The lowest BCUT2D eigenvalue weighted by Crippen LogP contribution is -2.00. The van der Waals surface area contributed by atoms with E-state index in [1.165, 1.54) is 0 Å². The van der Waals surface area contributed by atoms with E-state index in [1.807, 2.05) is 24.1 Å². The molecule has 2 heterocycles. The number of nitrogen functional groups attached to an aromatic ring is 1. The molecule has 15 heavy (non-hydrogen) atoms. The van der Waals surface area contributed by atoms with E-state index >= 15 is 0 Å². The molecule has 0 saturated carbocycles. The van der Waals surface area contributed by atoms with Crippen molar-refractivity contribution >= 4 is 5.69 Å². The highest BCUT2D eigenvalue weighted by molar-refractivity contribution is 5.71. The maximum absolute atomic E-state index is 5.84. The summed E-state index contributed by atoms with van der Waals surface area (Å²) in [5.74, 6) is 0. The van der Waals surface area contributed by atoms with Crippen LogP contribution < -0.4 is 5.73 Å². The molecule has 2 aromatic heterocycles. The number of aryl methyl sites for hydroxylation is 1. The Labute approximate surface area is 88.5 Å². The van der Waals surface area contributed by atoms with Crippen molar-refractivity contribution in [2.24, 2.45) is 7.05 Å². The molecule has 0 aliphatic rings. The average molecular weight is 205 g/mol. The summed E-state index contributed by atoms with van der Waals surface area (Å²) >= 11 is 0. The Balaban J connectivity index is 2.46. The van der Waals surface area contributed by atoms with E-state index in [4.69, 9.17) is 5.73 Å². The summed E-state index contributed by atoms with van der Waals surface area (Å²) in [6, 6.07) is 0.355. The maximum atomic E-state index is 5.84. The summed E-state index contributed by atoms with van der Waals surface area (Å²) in [6.45, 7) is 4.17. The van der Waals surface area contributed by atoms with Crippen molar-refractivity contribution in [1.29, 1.82) is 0 Å². The Bertz CT molecular complexity index is 446. The molecule has 0 unspecified atom stereocenters. The first-order valence-corrected chi connectivity index (χ1v) is 4.91. The molecule has 0 amide bonds. The van der Waals surface area contributed by atoms with Gasteiger partial charge in [-0.1, -0.05) is 0 Å². The molecule has 0 aromatic carbocycles. The highest BCUT2D eigenvalue weighted by Gasteiger charge is 2.11. The quantitative estimate of drug-likeness (QED) is 0.807. The first-order chi connectivity index (χ1) is 7.09. The highest BCUT2D eigenvalue weighted by atomic mass is 15.3. The van der Waals surface area contributed by atoms with Crippen molar-refractivity contribution in [1.82, 2.24) is 19.6 Å². The Morgan fingerprint density at radius 1 is 1.27 bits per heavy atom. The summed E-state index contributed by atoms with van der Waals surface area (Å²) in [5.41, 5.74) is 8.44. The molecule has 0 fully saturated rings. The molecule has 80 valence electrons. The van der Waals surface area contributed by atoms with Gasteiger partial charge in [-0.15, -0.1) is 0 Å². The topological polar surface area (TPSA) is 61.7 Å². The molecule has 0 aliphatic heterocycles. The minimum Gasteiger partial charge on any atom is -0.396 e. The number of aromatic nitrogens is 4. The zero-order valence-corrected chi connectivity index (χ0v) is 9.18. The smallest absolute Gasteiger partial charge is 0.0940 e. The van der Waals surface area contributed by atoms with E-state index in [2.05, 4.69) is 24.0 Å². The molecule has 0 bridgehead atoms. The summed E-state index contributed by atoms with van der Waals surface area (Å²) in [4.78, 5) is 0. The van der Waals surface area contributed by atoms with Gasteiger partial charge in [0.25, 0.3) is 0 Å². The molecular formula is C10H15N5. The summed E-state index contributed by atoms with van der Waals surface area (Å²) in [5, 5.41) is 8.38. The van der Waals surface area contributed by atoms with Crippen molar-refractivity contribution in [3.8, 4) is 11.3 Å². The Morgan fingerprint density at radius 3 is 2.47 bits per heavy atom. The molecule has 0 atom stereocenters. The second-order valence-electron chi connectivity index (χ2n) is 3.87. The summed E-state index contributed by atoms with van der Waals surface area (Å²) < 4.78 is 3.67. The van der Waals surface area contributed by atoms with Gasteiger partial charge in [0.1, 0.15) is 0 Å². The van der Waals surface area contributed by atoms with Gasteiger partial charge in [0, 0.05) is 24.8 Å². The minimum absolute atomic E-state index is 0.355. The molecule has 0 spiro atoms. The molecule has 5 nitrogen and oxygen atoms in total. The van der Waals surface area contributed by atoms with Gasteiger partial charge in [-0.05, 0) is 13.8 Å². The van der Waals surface area contributed by atoms with Gasteiger partial charge in [0.05, 0.1) is 23.8 Å². The fourth-order valence-corrected chi connectivity index (χ4v) is 1.55. The van der Waals surface area contributed by atoms with Crippen LogP contribution in [0.4, 0.5) is 5.69 Å². The van der Waals surface area contributed by atoms with Crippen LogP contribution in [0.3, 0.4) is 0 Å². The highest BCUT2D eigenvalue weighted by Crippen LogP contribution is 2.24. The van der Waals surface area contributed by atoms with Gasteiger partial charge in [-0.3, -0.25) is 9.36 Å². The number of rotatable bonds is 2. The van der Waals surface area contributed by atoms with Crippen LogP contribution in [-0.4, -0.2) is 19.6 Å². The third-order valence-electron chi connectivity index (χ3n) is 2.37. The fourth-order valence-electron chi connectivity index (χ4n) is 1.55. The predicted octanol–water partition coefficient (Wildman–Crippen LogP) is 1.45. The monoisotopic (exact) mass is 205 g/mol. The minimum atomic E-state index is 0.355. The van der Waals surface area contributed by atoms with E-state index in [1.54, 1.807) is 10.9 Å². The molecule has 2 aromatic rings. The van der Waals surface area contributed by atoms with Crippen molar-refractivity contribution in [2.75, 3.05) is 5.73 Å². The van der Waals surface area contributed by atoms with Gasteiger partial charge >= 0.3 is 0 Å². The lowest BCUT2D eigenvalue weighted by atomic mass is 10.2. The molecule has 0 radical (unpaired) electrons. The molecule has 2 N–H and O–H groups in total. The molecule has 2 rings (SSSR count). The van der Waals surface area contributed by atoms with Crippen LogP contribution in [0.25, 0.3) is 11.3 Å². The van der Waals surface area contributed by atoms with E-state index in [0.717, 1.165) is 11.3 Å². The number of hydrogen-bond acceptors (Lipinski definition) is 3. The normalized spacial score (nSPS) is 11.2. The Kier molecular flexibility index (Phi) is 2.22. The molecule has 0 aliphatic carbocycles. The van der Waals surface area contributed by atoms with Gasteiger partial charge in [-0.25, -0.2) is 0 Å². The van der Waals surface area contributed by atoms with Crippen LogP contribution in [0.5, 0.6) is 0 Å². The third-order valence-corrected chi connectivity index (χ3v) is 2.37. The van der Waals surface area contributed by atoms with E-state index in [-0.39, 0.29) is 0 Å². The number of anilines is 1. The van der Waals surface area contributed by atoms with E-state index in [9.17, 15) is 0 Å². The number of nitrogens with two attached hydrogens (primary N) is 1. The van der Waals surface area contributed by atoms with E-state index < -0.39 is 0 Å². The lowest BCUT2D eigenvalue weighted by Gasteiger charge is -2.03. The standard InChI is InChI=1S/C10H15N5/c1-7(2)15-6-8(4-13-15)10-9(11)5-12-14(10)3/h4-7H,11H2,1-3H3. The zero-order chi connectivity index (χ0) is 11.0. The molecule has 5 heteroatoms. The van der Waals surface area contributed by atoms with Crippen LogP contribution in [0, 0.1) is 0 Å². The SMILES string of the molecule is CC(C)n1cc(-c2c(N)cnn2C)cn1. The zero-order valence-electron chi connectivity index (χ0n) is 9.18. The second-order valence-corrected chi connectivity index (χ2v) is 3.87. The number of nitrogens with zero attached hydrogens (tertiary/aromatic N) is 4. The Hall–Kier alpha value is -1.78. The van der Waals surface area contributed by atoms with Crippen LogP contribution >= 0.6 is 0 Å². The van der Waals surface area contributed by atoms with Crippen molar-refractivity contribution in [3.05, 3.63) is 18.6 Å². The molecular weight excluding hydrogens is 190 g/mol. The van der Waals surface area contributed by atoms with Gasteiger partial charge in [-0.2, -0.15) is 10.2 Å². The second kappa shape index (κ2) is 3.42. The van der Waals surface area contributed by atoms with Gasteiger partial charge < -0.3 is 5.73 Å². The first-order valence-electron chi connectivity index (χ1n) is 4.91. The number of hydrogen-bond donors (Lipinski definition) is 1.